The number of hydrogen-bond acceptors (Lipinski definition) is 2. The molecule has 2 nitrogen and oxygen atoms in total. The van der Waals surface area contributed by atoms with Crippen LogP contribution in [0.5, 0.6) is 0 Å². The zero-order valence-corrected chi connectivity index (χ0v) is 9.73. The van der Waals surface area contributed by atoms with Crippen LogP contribution in [0, 0.1) is 0 Å². The van der Waals surface area contributed by atoms with E-state index in [1.54, 1.807) is 0 Å². The summed E-state index contributed by atoms with van der Waals surface area (Å²) in [6.45, 7) is 3.89. The molecular formula is C12H16O2Si. The van der Waals surface area contributed by atoms with Crippen molar-refractivity contribution < 1.29 is 9.53 Å². The number of aliphatic hydroxyl groups is 1. The molecule has 0 spiro atoms. The smallest absolute Gasteiger partial charge is 0.251 e. The summed E-state index contributed by atoms with van der Waals surface area (Å²) in [5.41, 5.74) is 1.94. The lowest BCUT2D eigenvalue weighted by Gasteiger charge is -2.35. The van der Waals surface area contributed by atoms with Crippen LogP contribution in [0.1, 0.15) is 12.8 Å². The van der Waals surface area contributed by atoms with Gasteiger partial charge in [-0.1, -0.05) is 36.0 Å². The van der Waals surface area contributed by atoms with Crippen molar-refractivity contribution in [2.24, 2.45) is 0 Å². The van der Waals surface area contributed by atoms with E-state index in [2.05, 4.69) is 18.7 Å². The molecule has 1 fully saturated rings. The Bertz CT molecular complexity index is 339. The van der Waals surface area contributed by atoms with Crippen molar-refractivity contribution in [1.82, 2.24) is 0 Å². The first-order chi connectivity index (χ1) is 7.27. The molecule has 1 aliphatic rings. The van der Waals surface area contributed by atoms with Crippen LogP contribution >= 0.6 is 0 Å². The molecule has 0 saturated carbocycles. The Morgan fingerprint density at radius 1 is 1.40 bits per heavy atom. The molecule has 0 amide bonds. The summed E-state index contributed by atoms with van der Waals surface area (Å²) < 4.78 is 5.79. The highest BCUT2D eigenvalue weighted by Gasteiger charge is 2.38. The summed E-state index contributed by atoms with van der Waals surface area (Å²) >= 11 is 0. The second kappa shape index (κ2) is 4.31. The van der Waals surface area contributed by atoms with Gasteiger partial charge in [0.05, 0.1) is 0 Å². The van der Waals surface area contributed by atoms with Gasteiger partial charge in [0, 0.05) is 0 Å². The fourth-order valence-electron chi connectivity index (χ4n) is 2.10. The molecule has 15 heavy (non-hydrogen) atoms. The summed E-state index contributed by atoms with van der Waals surface area (Å²) in [7, 11) is -2.08. The van der Waals surface area contributed by atoms with E-state index in [-0.39, 0.29) is 0 Å². The molecule has 1 aliphatic heterocycles. The zero-order chi connectivity index (χ0) is 10.7. The van der Waals surface area contributed by atoms with Crippen LogP contribution in [0.2, 0.25) is 6.04 Å². The van der Waals surface area contributed by atoms with E-state index in [1.807, 2.05) is 23.9 Å². The standard InChI is InChI=1S/C12H16O2Si/c1-2-15(10-6-9-12(13)14-15)11-7-4-3-5-8-11/h2-5,7-8,12-13H,1,6,9-10H2. The molecule has 2 atom stereocenters. The number of benzene rings is 1. The van der Waals surface area contributed by atoms with Crippen molar-refractivity contribution in [1.29, 1.82) is 0 Å². The molecule has 0 aliphatic carbocycles. The van der Waals surface area contributed by atoms with Gasteiger partial charge >= 0.3 is 0 Å². The molecule has 0 bridgehead atoms. The Labute approximate surface area is 91.3 Å². The van der Waals surface area contributed by atoms with E-state index in [1.165, 1.54) is 5.19 Å². The number of aliphatic hydroxyl groups excluding tert-OH is 1. The highest BCUT2D eigenvalue weighted by Crippen LogP contribution is 2.25. The molecule has 1 aromatic rings. The van der Waals surface area contributed by atoms with E-state index >= 15 is 0 Å². The Hall–Kier alpha value is -0.903. The summed E-state index contributed by atoms with van der Waals surface area (Å²) in [6.07, 6.45) is 1.16. The Kier molecular flexibility index (Phi) is 3.05. The maximum atomic E-state index is 9.60. The maximum absolute atomic E-state index is 9.60. The fraction of sp³-hybridized carbons (Fsp3) is 0.333. The predicted octanol–water partition coefficient (Wildman–Crippen LogP) is 1.69. The Morgan fingerprint density at radius 2 is 2.13 bits per heavy atom. The zero-order valence-electron chi connectivity index (χ0n) is 8.73. The van der Waals surface area contributed by atoms with E-state index in [0.29, 0.717) is 0 Å². The molecule has 80 valence electrons. The Morgan fingerprint density at radius 3 is 2.73 bits per heavy atom. The Balaban J connectivity index is 2.32. The first kappa shape index (κ1) is 10.6. The molecule has 3 heteroatoms. The van der Waals surface area contributed by atoms with Crippen LogP contribution in [0.15, 0.2) is 42.6 Å². The first-order valence-corrected chi connectivity index (χ1v) is 7.51. The van der Waals surface area contributed by atoms with Crippen LogP contribution in [0.3, 0.4) is 0 Å². The predicted molar refractivity (Wildman–Crippen MR) is 63.2 cm³/mol. The van der Waals surface area contributed by atoms with Gasteiger partial charge in [-0.25, -0.2) is 0 Å². The van der Waals surface area contributed by atoms with E-state index in [4.69, 9.17) is 4.43 Å². The highest BCUT2D eigenvalue weighted by atomic mass is 28.4. The van der Waals surface area contributed by atoms with Crippen LogP contribution in [0.4, 0.5) is 0 Å². The maximum Gasteiger partial charge on any atom is 0.251 e. The van der Waals surface area contributed by atoms with E-state index < -0.39 is 14.6 Å². The quantitative estimate of drug-likeness (QED) is 0.769. The third-order valence-electron chi connectivity index (χ3n) is 2.94. The number of rotatable bonds is 2. The molecule has 0 aromatic heterocycles. The topological polar surface area (TPSA) is 29.5 Å². The van der Waals surface area contributed by atoms with Crippen LogP contribution in [-0.2, 0) is 4.43 Å². The SMILES string of the molecule is C=C[Si]1(c2ccccc2)CCCC(O)O1. The van der Waals surface area contributed by atoms with Crippen LogP contribution in [0.25, 0.3) is 0 Å². The van der Waals surface area contributed by atoms with Crippen molar-refractivity contribution in [3.05, 3.63) is 42.6 Å². The second-order valence-electron chi connectivity index (χ2n) is 3.92. The molecule has 1 N–H and O–H groups in total. The second-order valence-corrected chi connectivity index (χ2v) is 7.42. The van der Waals surface area contributed by atoms with Gasteiger partial charge < -0.3 is 9.53 Å². The van der Waals surface area contributed by atoms with Gasteiger partial charge in [0.2, 0.25) is 0 Å². The monoisotopic (exact) mass is 220 g/mol. The summed E-state index contributed by atoms with van der Waals surface area (Å²) in [6, 6.07) is 11.2. The van der Waals surface area contributed by atoms with Gasteiger partial charge in [0.1, 0.15) is 6.29 Å². The summed E-state index contributed by atoms with van der Waals surface area (Å²) in [5.74, 6) is 0. The normalized spacial score (nSPS) is 31.1. The lowest BCUT2D eigenvalue weighted by Crippen LogP contribution is -2.53. The minimum atomic E-state index is -2.08. The molecule has 2 unspecified atom stereocenters. The van der Waals surface area contributed by atoms with Crippen LogP contribution < -0.4 is 5.19 Å². The molecule has 0 radical (unpaired) electrons. The van der Waals surface area contributed by atoms with Crippen molar-refractivity contribution in [3.63, 3.8) is 0 Å². The lowest BCUT2D eigenvalue weighted by atomic mass is 10.3. The molecular weight excluding hydrogens is 204 g/mol. The minimum absolute atomic E-state index is 0.608. The first-order valence-electron chi connectivity index (χ1n) is 5.32. The third-order valence-corrected chi connectivity index (χ3v) is 6.70. The lowest BCUT2D eigenvalue weighted by molar-refractivity contribution is -0.0379. The average Bonchev–Trinajstić information content (AvgIpc) is 2.30. The van der Waals surface area contributed by atoms with Crippen molar-refractivity contribution in [3.8, 4) is 0 Å². The largest absolute Gasteiger partial charge is 0.384 e. The summed E-state index contributed by atoms with van der Waals surface area (Å²) in [4.78, 5) is 0. The van der Waals surface area contributed by atoms with E-state index in [9.17, 15) is 5.11 Å². The highest BCUT2D eigenvalue weighted by molar-refractivity contribution is 6.90. The van der Waals surface area contributed by atoms with Crippen LogP contribution in [-0.4, -0.2) is 19.7 Å². The number of hydrogen-bond donors (Lipinski definition) is 1. The fourth-order valence-corrected chi connectivity index (χ4v) is 5.27. The van der Waals surface area contributed by atoms with Crippen molar-refractivity contribution >= 4 is 13.5 Å². The average molecular weight is 220 g/mol. The van der Waals surface area contributed by atoms with Gasteiger partial charge in [-0.05, 0) is 24.1 Å². The minimum Gasteiger partial charge on any atom is -0.384 e. The van der Waals surface area contributed by atoms with Crippen molar-refractivity contribution in [2.45, 2.75) is 25.2 Å². The van der Waals surface area contributed by atoms with Gasteiger partial charge in [-0.15, -0.1) is 6.58 Å². The van der Waals surface area contributed by atoms with Gasteiger partial charge in [0.15, 0.2) is 0 Å². The molecule has 2 rings (SSSR count). The van der Waals surface area contributed by atoms with E-state index in [0.717, 1.165) is 18.9 Å². The van der Waals surface area contributed by atoms with Gasteiger partial charge in [-0.2, -0.15) is 0 Å². The van der Waals surface area contributed by atoms with Crippen molar-refractivity contribution in [2.75, 3.05) is 0 Å². The molecule has 1 heterocycles. The summed E-state index contributed by atoms with van der Waals surface area (Å²) in [5, 5.41) is 10.8. The molecule has 1 aromatic carbocycles. The third kappa shape index (κ3) is 2.04. The van der Waals surface area contributed by atoms with Gasteiger partial charge in [-0.3, -0.25) is 0 Å². The molecule has 1 saturated heterocycles. The van der Waals surface area contributed by atoms with Gasteiger partial charge in [0.25, 0.3) is 8.32 Å².